The summed E-state index contributed by atoms with van der Waals surface area (Å²) in [5.74, 6) is 0.549. The summed E-state index contributed by atoms with van der Waals surface area (Å²) in [4.78, 5) is 10.8. The van der Waals surface area contributed by atoms with Crippen molar-refractivity contribution in [1.29, 1.82) is 0 Å². The molecule has 0 saturated heterocycles. The minimum absolute atomic E-state index is 0.407. The zero-order chi connectivity index (χ0) is 10.1. The first-order chi connectivity index (χ1) is 6.16. The summed E-state index contributed by atoms with van der Waals surface area (Å²) < 4.78 is 9.58. The minimum atomic E-state index is -0.561. The molecule has 0 aliphatic heterocycles. The molecule has 0 aliphatic carbocycles. The lowest BCUT2D eigenvalue weighted by molar-refractivity contribution is 0.0518. The van der Waals surface area contributed by atoms with E-state index in [1.54, 1.807) is 0 Å². The molecule has 0 heterocycles. The first-order valence-electron chi connectivity index (χ1n) is 4.75. The van der Waals surface area contributed by atoms with Crippen LogP contribution in [-0.2, 0) is 9.47 Å². The van der Waals surface area contributed by atoms with Crippen molar-refractivity contribution in [3.63, 3.8) is 0 Å². The maximum Gasteiger partial charge on any atom is 0.508 e. The van der Waals surface area contributed by atoms with Crippen LogP contribution in [0, 0.1) is 12.8 Å². The Morgan fingerprint density at radius 3 is 2.46 bits per heavy atom. The number of unbranched alkanes of at least 4 members (excludes halogenated alkanes) is 1. The highest BCUT2D eigenvalue weighted by Gasteiger charge is 2.03. The van der Waals surface area contributed by atoms with Crippen LogP contribution in [0.1, 0.15) is 33.1 Å². The van der Waals surface area contributed by atoms with Crippen molar-refractivity contribution >= 4 is 6.16 Å². The van der Waals surface area contributed by atoms with E-state index in [4.69, 9.17) is 9.47 Å². The molecule has 0 N–H and O–H groups in total. The molecular weight excluding hydrogens is 168 g/mol. The van der Waals surface area contributed by atoms with Crippen molar-refractivity contribution in [2.75, 3.05) is 13.2 Å². The molecular formula is C10H19O3. The normalized spacial score (nSPS) is 10.2. The number of hydrogen-bond donors (Lipinski definition) is 0. The maximum absolute atomic E-state index is 10.8. The van der Waals surface area contributed by atoms with Crippen LogP contribution in [0.4, 0.5) is 4.79 Å². The zero-order valence-electron chi connectivity index (χ0n) is 8.54. The second kappa shape index (κ2) is 7.90. The molecule has 0 aromatic heterocycles. The van der Waals surface area contributed by atoms with E-state index in [0.717, 1.165) is 19.3 Å². The Morgan fingerprint density at radius 1 is 1.31 bits per heavy atom. The Kier molecular flexibility index (Phi) is 7.45. The Morgan fingerprint density at radius 2 is 1.92 bits per heavy atom. The van der Waals surface area contributed by atoms with Gasteiger partial charge in [0.2, 0.25) is 0 Å². The van der Waals surface area contributed by atoms with Crippen molar-refractivity contribution < 1.29 is 14.3 Å². The molecule has 3 heteroatoms. The molecule has 0 amide bonds. The molecule has 0 bridgehead atoms. The van der Waals surface area contributed by atoms with Crippen LogP contribution in [-0.4, -0.2) is 19.4 Å². The van der Waals surface area contributed by atoms with Gasteiger partial charge in [-0.05, 0) is 18.8 Å². The quantitative estimate of drug-likeness (QED) is 0.474. The summed E-state index contributed by atoms with van der Waals surface area (Å²) in [6.45, 7) is 8.65. The molecule has 0 rings (SSSR count). The Bertz CT molecular complexity index is 132. The number of rotatable bonds is 6. The highest BCUT2D eigenvalue weighted by molar-refractivity contribution is 5.59. The van der Waals surface area contributed by atoms with Crippen molar-refractivity contribution in [2.45, 2.75) is 33.1 Å². The molecule has 77 valence electrons. The molecule has 1 radical (unpaired) electrons. The third-order valence-corrected chi connectivity index (χ3v) is 1.53. The molecule has 0 aromatic rings. The van der Waals surface area contributed by atoms with Gasteiger partial charge in [0.15, 0.2) is 0 Å². The van der Waals surface area contributed by atoms with Crippen molar-refractivity contribution in [3.8, 4) is 0 Å². The minimum Gasteiger partial charge on any atom is -0.434 e. The largest absolute Gasteiger partial charge is 0.508 e. The van der Waals surface area contributed by atoms with Crippen LogP contribution in [0.3, 0.4) is 0 Å². The second-order valence-electron chi connectivity index (χ2n) is 3.34. The lowest BCUT2D eigenvalue weighted by Crippen LogP contribution is -2.10. The molecule has 0 aliphatic rings. The third kappa shape index (κ3) is 9.18. The van der Waals surface area contributed by atoms with Crippen LogP contribution in [0.25, 0.3) is 0 Å². The van der Waals surface area contributed by atoms with E-state index in [1.807, 2.05) is 0 Å². The van der Waals surface area contributed by atoms with Gasteiger partial charge < -0.3 is 9.47 Å². The lowest BCUT2D eigenvalue weighted by Gasteiger charge is -2.06. The Labute approximate surface area is 80.4 Å². The van der Waals surface area contributed by atoms with Gasteiger partial charge in [0, 0.05) is 0 Å². The van der Waals surface area contributed by atoms with E-state index in [9.17, 15) is 4.79 Å². The highest BCUT2D eigenvalue weighted by Crippen LogP contribution is 2.00. The fourth-order valence-electron chi connectivity index (χ4n) is 0.677. The molecule has 13 heavy (non-hydrogen) atoms. The van der Waals surface area contributed by atoms with Gasteiger partial charge >= 0.3 is 6.16 Å². The first kappa shape index (κ1) is 12.3. The van der Waals surface area contributed by atoms with E-state index in [1.165, 1.54) is 0 Å². The van der Waals surface area contributed by atoms with Gasteiger partial charge in [-0.3, -0.25) is 0 Å². The predicted molar refractivity (Wildman–Crippen MR) is 51.3 cm³/mol. The number of carbonyl (C=O) groups is 1. The average molecular weight is 187 g/mol. The first-order valence-corrected chi connectivity index (χ1v) is 4.75. The molecule has 0 aromatic carbocycles. The number of ether oxygens (including phenoxy) is 2. The van der Waals surface area contributed by atoms with Crippen LogP contribution < -0.4 is 0 Å². The number of hydrogen-bond acceptors (Lipinski definition) is 3. The predicted octanol–water partition coefficient (Wildman–Crippen LogP) is 2.80. The van der Waals surface area contributed by atoms with Crippen LogP contribution in [0.2, 0.25) is 0 Å². The summed E-state index contributed by atoms with van der Waals surface area (Å²) in [5, 5.41) is 0. The summed E-state index contributed by atoms with van der Waals surface area (Å²) >= 11 is 0. The van der Waals surface area contributed by atoms with E-state index >= 15 is 0 Å². The van der Waals surface area contributed by atoms with Gasteiger partial charge in [-0.2, -0.15) is 0 Å². The highest BCUT2D eigenvalue weighted by atomic mass is 16.7. The maximum atomic E-state index is 10.8. The molecule has 0 unspecified atom stereocenters. The third-order valence-electron chi connectivity index (χ3n) is 1.53. The zero-order valence-corrected chi connectivity index (χ0v) is 8.54. The van der Waals surface area contributed by atoms with E-state index < -0.39 is 6.16 Å². The van der Waals surface area contributed by atoms with Gasteiger partial charge in [-0.15, -0.1) is 0 Å². The molecule has 0 saturated carbocycles. The molecule has 0 spiro atoms. The van der Waals surface area contributed by atoms with Crippen molar-refractivity contribution in [3.05, 3.63) is 6.92 Å². The standard InChI is InChI=1S/C10H19O3/c1-4-5-7-12-10(11)13-8-6-9(2)3/h9H,1,4-8H2,2-3H3. The molecule has 0 fully saturated rings. The van der Waals surface area contributed by atoms with E-state index in [-0.39, 0.29) is 0 Å². The monoisotopic (exact) mass is 187 g/mol. The molecule has 3 nitrogen and oxygen atoms in total. The Balaban J connectivity index is 3.20. The summed E-state index contributed by atoms with van der Waals surface area (Å²) in [6.07, 6.45) is 1.89. The van der Waals surface area contributed by atoms with Gasteiger partial charge in [-0.1, -0.05) is 27.2 Å². The summed E-state index contributed by atoms with van der Waals surface area (Å²) in [7, 11) is 0. The van der Waals surface area contributed by atoms with E-state index in [2.05, 4.69) is 20.8 Å². The van der Waals surface area contributed by atoms with Gasteiger partial charge in [-0.25, -0.2) is 4.79 Å². The van der Waals surface area contributed by atoms with Gasteiger partial charge in [0.05, 0.1) is 13.2 Å². The second-order valence-corrected chi connectivity index (χ2v) is 3.34. The van der Waals surface area contributed by atoms with Crippen LogP contribution in [0.5, 0.6) is 0 Å². The van der Waals surface area contributed by atoms with Crippen LogP contribution >= 0.6 is 0 Å². The van der Waals surface area contributed by atoms with Crippen molar-refractivity contribution in [2.24, 2.45) is 5.92 Å². The smallest absolute Gasteiger partial charge is 0.434 e. The SMILES string of the molecule is [CH2]CCCOC(=O)OCCC(C)C. The Hall–Kier alpha value is -0.730. The average Bonchev–Trinajstić information content (AvgIpc) is 2.04. The van der Waals surface area contributed by atoms with Crippen LogP contribution in [0.15, 0.2) is 0 Å². The topological polar surface area (TPSA) is 35.5 Å². The summed E-state index contributed by atoms with van der Waals surface area (Å²) in [5.41, 5.74) is 0. The number of carbonyl (C=O) groups excluding carboxylic acids is 1. The van der Waals surface area contributed by atoms with Crippen molar-refractivity contribution in [1.82, 2.24) is 0 Å². The van der Waals surface area contributed by atoms with Gasteiger partial charge in [0.1, 0.15) is 0 Å². The fourth-order valence-corrected chi connectivity index (χ4v) is 0.677. The molecule has 0 atom stereocenters. The van der Waals surface area contributed by atoms with E-state index in [0.29, 0.717) is 19.1 Å². The summed E-state index contributed by atoms with van der Waals surface area (Å²) in [6, 6.07) is 0. The van der Waals surface area contributed by atoms with Gasteiger partial charge in [0.25, 0.3) is 0 Å². The fraction of sp³-hybridized carbons (Fsp3) is 0.800. The lowest BCUT2D eigenvalue weighted by atomic mass is 10.1.